The van der Waals surface area contributed by atoms with E-state index in [4.69, 9.17) is 10.5 Å². The summed E-state index contributed by atoms with van der Waals surface area (Å²) in [5.41, 5.74) is 5.30. The molecule has 1 rings (SSSR count). The van der Waals surface area contributed by atoms with Crippen molar-refractivity contribution in [1.82, 2.24) is 10.2 Å². The van der Waals surface area contributed by atoms with Crippen molar-refractivity contribution in [1.29, 1.82) is 0 Å². The van der Waals surface area contributed by atoms with E-state index >= 15 is 0 Å². The highest BCUT2D eigenvalue weighted by atomic mass is 16.5. The Morgan fingerprint density at radius 3 is 2.62 bits per heavy atom. The van der Waals surface area contributed by atoms with Crippen LogP contribution in [-0.4, -0.2) is 55.7 Å². The van der Waals surface area contributed by atoms with E-state index in [2.05, 4.69) is 24.1 Å². The molecule has 0 aromatic carbocycles. The molecule has 1 aliphatic rings. The van der Waals surface area contributed by atoms with E-state index < -0.39 is 0 Å². The fourth-order valence-corrected chi connectivity index (χ4v) is 1.81. The third-order valence-corrected chi connectivity index (χ3v) is 2.96. The largest absolute Gasteiger partial charge is 0.379 e. The lowest BCUT2D eigenvalue weighted by Crippen LogP contribution is -2.55. The Labute approximate surface area is 97.3 Å². The van der Waals surface area contributed by atoms with Gasteiger partial charge in [0.25, 0.3) is 0 Å². The van der Waals surface area contributed by atoms with E-state index in [0.29, 0.717) is 19.5 Å². The van der Waals surface area contributed by atoms with Crippen LogP contribution < -0.4 is 11.1 Å². The molecule has 1 aliphatic heterocycles. The highest BCUT2D eigenvalue weighted by molar-refractivity contribution is 5.76. The molecule has 16 heavy (non-hydrogen) atoms. The first-order valence-electron chi connectivity index (χ1n) is 5.86. The molecular weight excluding hydrogens is 206 g/mol. The van der Waals surface area contributed by atoms with Crippen LogP contribution in [0.15, 0.2) is 0 Å². The van der Waals surface area contributed by atoms with Crippen LogP contribution >= 0.6 is 0 Å². The molecule has 1 fully saturated rings. The van der Waals surface area contributed by atoms with Crippen LogP contribution in [0.2, 0.25) is 0 Å². The number of rotatable bonds is 5. The van der Waals surface area contributed by atoms with Crippen LogP contribution in [0.5, 0.6) is 0 Å². The number of nitrogens with one attached hydrogen (secondary N) is 1. The van der Waals surface area contributed by atoms with Gasteiger partial charge in [-0.25, -0.2) is 0 Å². The first kappa shape index (κ1) is 13.4. The maximum absolute atomic E-state index is 11.3. The van der Waals surface area contributed by atoms with E-state index in [-0.39, 0.29) is 11.4 Å². The first-order chi connectivity index (χ1) is 7.56. The number of morpholine rings is 1. The number of nitrogens with zero attached hydrogens (tertiary/aromatic N) is 1. The molecule has 0 radical (unpaired) electrons. The van der Waals surface area contributed by atoms with Crippen LogP contribution in [0.4, 0.5) is 0 Å². The van der Waals surface area contributed by atoms with Gasteiger partial charge in [-0.05, 0) is 13.8 Å². The minimum absolute atomic E-state index is 0.0198. The SMILES string of the molecule is CC(C)(CNC(=O)CCN)N1CCOCC1. The molecule has 94 valence electrons. The standard InChI is InChI=1S/C11H23N3O2/c1-11(2,9-13-10(15)3-4-12)14-5-7-16-8-6-14/h3-9,12H2,1-2H3,(H,13,15). The average molecular weight is 229 g/mol. The fraction of sp³-hybridized carbons (Fsp3) is 0.909. The maximum atomic E-state index is 11.3. The molecule has 1 saturated heterocycles. The molecule has 1 heterocycles. The molecule has 0 atom stereocenters. The summed E-state index contributed by atoms with van der Waals surface area (Å²) < 4.78 is 5.31. The molecule has 1 amide bonds. The number of ether oxygens (including phenoxy) is 1. The van der Waals surface area contributed by atoms with Crippen LogP contribution in [-0.2, 0) is 9.53 Å². The van der Waals surface area contributed by atoms with Crippen molar-refractivity contribution in [3.05, 3.63) is 0 Å². The number of hydrogen-bond acceptors (Lipinski definition) is 4. The van der Waals surface area contributed by atoms with Crippen molar-refractivity contribution in [2.75, 3.05) is 39.4 Å². The van der Waals surface area contributed by atoms with Crippen LogP contribution in [0.25, 0.3) is 0 Å². The summed E-state index contributed by atoms with van der Waals surface area (Å²) in [5, 5.41) is 2.92. The van der Waals surface area contributed by atoms with Crippen molar-refractivity contribution in [3.63, 3.8) is 0 Å². The number of amides is 1. The van der Waals surface area contributed by atoms with Crippen LogP contribution in [0.3, 0.4) is 0 Å². The zero-order chi connectivity index (χ0) is 12.0. The Morgan fingerprint density at radius 2 is 2.06 bits per heavy atom. The Hall–Kier alpha value is -0.650. The zero-order valence-corrected chi connectivity index (χ0v) is 10.3. The third-order valence-electron chi connectivity index (χ3n) is 2.96. The second-order valence-electron chi connectivity index (χ2n) is 4.73. The van der Waals surface area contributed by atoms with E-state index in [1.54, 1.807) is 0 Å². The monoisotopic (exact) mass is 229 g/mol. The van der Waals surface area contributed by atoms with Crippen molar-refractivity contribution >= 4 is 5.91 Å². The summed E-state index contributed by atoms with van der Waals surface area (Å²) in [7, 11) is 0. The molecule has 3 N–H and O–H groups in total. The Balaban J connectivity index is 2.34. The predicted octanol–water partition coefficient (Wildman–Crippen LogP) is -0.438. The molecule has 0 saturated carbocycles. The van der Waals surface area contributed by atoms with Gasteiger partial charge < -0.3 is 15.8 Å². The lowest BCUT2D eigenvalue weighted by molar-refractivity contribution is -0.121. The van der Waals surface area contributed by atoms with Crippen LogP contribution in [0, 0.1) is 0 Å². The summed E-state index contributed by atoms with van der Waals surface area (Å²) in [5.74, 6) is 0.0313. The summed E-state index contributed by atoms with van der Waals surface area (Å²) in [6, 6.07) is 0. The Kier molecular flexibility index (Phi) is 5.18. The van der Waals surface area contributed by atoms with E-state index in [9.17, 15) is 4.79 Å². The molecule has 0 aromatic rings. The van der Waals surface area contributed by atoms with Crippen molar-refractivity contribution in [2.45, 2.75) is 25.8 Å². The third kappa shape index (κ3) is 4.08. The average Bonchev–Trinajstić information content (AvgIpc) is 2.28. The van der Waals surface area contributed by atoms with Gasteiger partial charge in [0.15, 0.2) is 0 Å². The number of hydrogen-bond donors (Lipinski definition) is 2. The lowest BCUT2D eigenvalue weighted by atomic mass is 10.0. The van der Waals surface area contributed by atoms with E-state index in [0.717, 1.165) is 26.3 Å². The van der Waals surface area contributed by atoms with Gasteiger partial charge in [-0.3, -0.25) is 9.69 Å². The van der Waals surface area contributed by atoms with Gasteiger partial charge in [0.1, 0.15) is 0 Å². The molecular formula is C11H23N3O2. The summed E-state index contributed by atoms with van der Waals surface area (Å²) in [6.07, 6.45) is 0.402. The van der Waals surface area contributed by atoms with Crippen molar-refractivity contribution in [3.8, 4) is 0 Å². The first-order valence-corrected chi connectivity index (χ1v) is 5.86. The molecule has 0 aromatic heterocycles. The Bertz CT molecular complexity index is 225. The number of nitrogens with two attached hydrogens (primary N) is 1. The second-order valence-corrected chi connectivity index (χ2v) is 4.73. The smallest absolute Gasteiger partial charge is 0.221 e. The number of carbonyl (C=O) groups is 1. The molecule has 0 spiro atoms. The minimum atomic E-state index is -0.0198. The zero-order valence-electron chi connectivity index (χ0n) is 10.3. The normalized spacial score (nSPS) is 18.4. The number of carbonyl (C=O) groups excluding carboxylic acids is 1. The van der Waals surface area contributed by atoms with Gasteiger partial charge in [-0.2, -0.15) is 0 Å². The second kappa shape index (κ2) is 6.18. The minimum Gasteiger partial charge on any atom is -0.379 e. The molecule has 5 heteroatoms. The van der Waals surface area contributed by atoms with Gasteiger partial charge in [0.05, 0.1) is 13.2 Å². The summed E-state index contributed by atoms with van der Waals surface area (Å²) in [4.78, 5) is 13.7. The van der Waals surface area contributed by atoms with Crippen LogP contribution in [0.1, 0.15) is 20.3 Å². The molecule has 5 nitrogen and oxygen atoms in total. The van der Waals surface area contributed by atoms with E-state index in [1.165, 1.54) is 0 Å². The topological polar surface area (TPSA) is 67.6 Å². The highest BCUT2D eigenvalue weighted by Gasteiger charge is 2.28. The summed E-state index contributed by atoms with van der Waals surface area (Å²) >= 11 is 0. The predicted molar refractivity (Wildman–Crippen MR) is 63.2 cm³/mol. The highest BCUT2D eigenvalue weighted by Crippen LogP contribution is 2.14. The van der Waals surface area contributed by atoms with Gasteiger partial charge in [-0.1, -0.05) is 0 Å². The Morgan fingerprint density at radius 1 is 1.44 bits per heavy atom. The van der Waals surface area contributed by atoms with E-state index in [1.807, 2.05) is 0 Å². The molecule has 0 aliphatic carbocycles. The van der Waals surface area contributed by atoms with Gasteiger partial charge in [-0.15, -0.1) is 0 Å². The van der Waals surface area contributed by atoms with Crippen molar-refractivity contribution in [2.24, 2.45) is 5.73 Å². The fourth-order valence-electron chi connectivity index (χ4n) is 1.81. The van der Waals surface area contributed by atoms with Crippen molar-refractivity contribution < 1.29 is 9.53 Å². The maximum Gasteiger partial charge on any atom is 0.221 e. The van der Waals surface area contributed by atoms with Gasteiger partial charge in [0, 0.05) is 38.1 Å². The lowest BCUT2D eigenvalue weighted by Gasteiger charge is -2.40. The quantitative estimate of drug-likeness (QED) is 0.671. The molecule has 0 bridgehead atoms. The molecule has 0 unspecified atom stereocenters. The van der Waals surface area contributed by atoms with Gasteiger partial charge >= 0.3 is 0 Å². The van der Waals surface area contributed by atoms with Gasteiger partial charge in [0.2, 0.25) is 5.91 Å². The summed E-state index contributed by atoms with van der Waals surface area (Å²) in [6.45, 7) is 8.76.